The van der Waals surface area contributed by atoms with E-state index in [1.54, 1.807) is 6.07 Å². The van der Waals surface area contributed by atoms with Crippen molar-refractivity contribution in [3.63, 3.8) is 0 Å². The molecule has 0 amide bonds. The maximum Gasteiger partial charge on any atom is 0.492 e. The van der Waals surface area contributed by atoms with Crippen molar-refractivity contribution in [2.75, 3.05) is 0 Å². The molecule has 0 radical (unpaired) electrons. The molecule has 0 saturated carbocycles. The minimum Gasteiger partial charge on any atom is -0.456 e. The molecular formula is C65H46BClO4Si. The fourth-order valence-corrected chi connectivity index (χ4v) is 13.0. The molecule has 4 aliphatic carbocycles. The molecule has 16 rings (SSSR count). The highest BCUT2D eigenvalue weighted by atomic mass is 35.6. The number of furan rings is 2. The predicted molar refractivity (Wildman–Crippen MR) is 299 cm³/mol. The van der Waals surface area contributed by atoms with Gasteiger partial charge in [0.1, 0.15) is 29.7 Å². The molecule has 2 aromatic heterocycles. The van der Waals surface area contributed by atoms with Gasteiger partial charge < -0.3 is 18.9 Å². The molecule has 12 aromatic rings. The van der Waals surface area contributed by atoms with Crippen LogP contribution in [0.3, 0.4) is 0 Å². The summed E-state index contributed by atoms with van der Waals surface area (Å²) in [5.41, 5.74) is 23.3. The summed E-state index contributed by atoms with van der Waals surface area (Å²) in [5.74, 6) is 0. The van der Waals surface area contributed by atoms with Gasteiger partial charge in [-0.2, -0.15) is 11.1 Å². The Hall–Kier alpha value is -7.71. The SMILES string of the molecule is C[Si](C)(C)Cl.OB(O)c1cccc2c1oc1c3c(ccc12)C1(c2ccccc2-c2ccccc21)c1ccccc1-3.c1ccc2c(c1)-c1ccccc1C21c2ccccc2-c2c1ccc1c2oc2ccccc21. The summed E-state index contributed by atoms with van der Waals surface area (Å²) in [7, 11) is -2.74. The van der Waals surface area contributed by atoms with E-state index in [1.165, 1.54) is 88.7 Å². The van der Waals surface area contributed by atoms with Gasteiger partial charge in [-0.15, -0.1) is 0 Å². The molecule has 2 heterocycles. The smallest absolute Gasteiger partial charge is 0.456 e. The lowest BCUT2D eigenvalue weighted by Gasteiger charge is -2.30. The van der Waals surface area contributed by atoms with Crippen molar-refractivity contribution in [3.05, 3.63) is 257 Å². The average Bonchev–Trinajstić information content (AvgIpc) is 4.24. The van der Waals surface area contributed by atoms with Gasteiger partial charge in [-0.1, -0.05) is 226 Å². The standard InChI is InChI=1S/C31H19BO3.C31H18O.C3H9ClSi/c33-32(34)27-15-7-11-20-21-16-17-26-28(30(21)35-29(20)27)22-10-3-6-14-25(22)31(26)23-12-4-1-8-18(23)19-9-2-5-13-24(19)31;1-5-13-24-19(9-1)20-10-2-6-14-25(20)31(24)26-15-7-3-12-23(26)29-27(31)18-17-22-21-11-4-8-16-28(21)32-30(22)29;1-5(2,3)4/h1-17,33-34H;1-18H;1-3H3. The van der Waals surface area contributed by atoms with E-state index in [1.807, 2.05) is 18.2 Å². The molecule has 72 heavy (non-hydrogen) atoms. The van der Waals surface area contributed by atoms with Gasteiger partial charge in [-0.05, 0) is 84.0 Å². The summed E-state index contributed by atoms with van der Waals surface area (Å²) >= 11 is 5.67. The summed E-state index contributed by atoms with van der Waals surface area (Å²) in [6.45, 7) is 6.28. The zero-order valence-corrected chi connectivity index (χ0v) is 41.6. The van der Waals surface area contributed by atoms with Crippen LogP contribution in [0.15, 0.2) is 221 Å². The summed E-state index contributed by atoms with van der Waals surface area (Å²) in [5, 5.41) is 24.2. The van der Waals surface area contributed by atoms with Crippen molar-refractivity contribution in [2.45, 2.75) is 30.5 Å². The van der Waals surface area contributed by atoms with E-state index >= 15 is 0 Å². The van der Waals surface area contributed by atoms with Crippen LogP contribution in [0.5, 0.6) is 0 Å². The molecule has 4 nitrogen and oxygen atoms in total. The van der Waals surface area contributed by atoms with Gasteiger partial charge in [0.15, 0.2) is 0 Å². The number of hydrogen-bond acceptors (Lipinski definition) is 4. The van der Waals surface area contributed by atoms with E-state index in [2.05, 4.69) is 208 Å². The summed E-state index contributed by atoms with van der Waals surface area (Å²) in [4.78, 5) is 0. The van der Waals surface area contributed by atoms with Gasteiger partial charge in [0.25, 0.3) is 0 Å². The van der Waals surface area contributed by atoms with Crippen LogP contribution >= 0.6 is 11.1 Å². The monoisotopic (exact) mass is 964 g/mol. The van der Waals surface area contributed by atoms with Crippen molar-refractivity contribution in [2.24, 2.45) is 0 Å². The average molecular weight is 965 g/mol. The first-order valence-corrected chi connectivity index (χ1v) is 29.2. The zero-order chi connectivity index (χ0) is 48.7. The lowest BCUT2D eigenvalue weighted by Crippen LogP contribution is -2.29. The number of halogens is 1. The van der Waals surface area contributed by atoms with Crippen LogP contribution in [0, 0.1) is 0 Å². The van der Waals surface area contributed by atoms with Crippen LogP contribution in [0.2, 0.25) is 19.6 Å². The number of fused-ring (bicyclic) bond motifs is 28. The lowest BCUT2D eigenvalue weighted by atomic mass is 9.70. The Bertz CT molecular complexity index is 4140. The molecule has 2 spiro atoms. The Balaban J connectivity index is 0.000000123. The summed E-state index contributed by atoms with van der Waals surface area (Å²) in [6.07, 6.45) is 0. The third kappa shape index (κ3) is 5.78. The molecule has 7 heteroatoms. The van der Waals surface area contributed by atoms with E-state index in [-0.39, 0.29) is 5.41 Å². The second kappa shape index (κ2) is 15.6. The Kier molecular flexibility index (Phi) is 9.37. The van der Waals surface area contributed by atoms with Gasteiger partial charge in [-0.25, -0.2) is 0 Å². The third-order valence-corrected chi connectivity index (χ3v) is 15.4. The van der Waals surface area contributed by atoms with Gasteiger partial charge in [0.2, 0.25) is 0 Å². The van der Waals surface area contributed by atoms with Gasteiger partial charge in [0.05, 0.1) is 10.8 Å². The second-order valence-electron chi connectivity index (χ2n) is 20.4. The highest BCUT2D eigenvalue weighted by Gasteiger charge is 2.54. The molecule has 0 saturated heterocycles. The Morgan fingerprint density at radius 1 is 0.347 bits per heavy atom. The number of para-hydroxylation sites is 2. The second-order valence-corrected chi connectivity index (χ2v) is 27.9. The summed E-state index contributed by atoms with van der Waals surface area (Å²) in [6, 6.07) is 75.6. The van der Waals surface area contributed by atoms with Gasteiger partial charge in [0, 0.05) is 38.1 Å². The predicted octanol–water partition coefficient (Wildman–Crippen LogP) is 15.6. The molecule has 0 aliphatic heterocycles. The van der Waals surface area contributed by atoms with Gasteiger partial charge in [-0.3, -0.25) is 0 Å². The fraction of sp³-hybridized carbons (Fsp3) is 0.0769. The van der Waals surface area contributed by atoms with Crippen molar-refractivity contribution in [1.29, 1.82) is 0 Å². The van der Waals surface area contributed by atoms with E-state index in [4.69, 9.17) is 19.9 Å². The molecule has 10 aromatic carbocycles. The van der Waals surface area contributed by atoms with E-state index < -0.39 is 19.9 Å². The quantitative estimate of drug-likeness (QED) is 0.127. The first-order chi connectivity index (χ1) is 35.1. The van der Waals surface area contributed by atoms with Crippen LogP contribution in [0.1, 0.15) is 44.5 Å². The topological polar surface area (TPSA) is 66.7 Å². The normalized spacial score (nSPS) is 14.2. The highest BCUT2D eigenvalue weighted by Crippen LogP contribution is 2.65. The van der Waals surface area contributed by atoms with Crippen LogP contribution in [-0.4, -0.2) is 24.6 Å². The molecule has 0 atom stereocenters. The van der Waals surface area contributed by atoms with Gasteiger partial charge >= 0.3 is 7.12 Å². The lowest BCUT2D eigenvalue weighted by molar-refractivity contribution is 0.425. The molecular weight excluding hydrogens is 919 g/mol. The van der Waals surface area contributed by atoms with Crippen molar-refractivity contribution in [1.82, 2.24) is 0 Å². The Morgan fingerprint density at radius 2 is 0.681 bits per heavy atom. The van der Waals surface area contributed by atoms with E-state index in [0.717, 1.165) is 38.6 Å². The Morgan fingerprint density at radius 3 is 1.12 bits per heavy atom. The first kappa shape index (κ1) is 43.1. The van der Waals surface area contributed by atoms with Crippen molar-refractivity contribution in [3.8, 4) is 44.5 Å². The van der Waals surface area contributed by atoms with E-state index in [0.29, 0.717) is 11.0 Å². The number of rotatable bonds is 1. The molecule has 344 valence electrons. The largest absolute Gasteiger partial charge is 0.492 e. The van der Waals surface area contributed by atoms with Crippen molar-refractivity contribution >= 4 is 74.9 Å². The van der Waals surface area contributed by atoms with Crippen LogP contribution in [-0.2, 0) is 10.8 Å². The maximum absolute atomic E-state index is 9.98. The molecule has 2 N–H and O–H groups in total. The zero-order valence-electron chi connectivity index (χ0n) is 39.9. The summed E-state index contributed by atoms with van der Waals surface area (Å²) < 4.78 is 13.0. The minimum absolute atomic E-state index is 0.313. The maximum atomic E-state index is 9.98. The molecule has 0 bridgehead atoms. The molecule has 0 fully saturated rings. The highest BCUT2D eigenvalue weighted by molar-refractivity contribution is 7.18. The van der Waals surface area contributed by atoms with Crippen LogP contribution in [0.4, 0.5) is 0 Å². The number of hydrogen-bond donors (Lipinski definition) is 2. The number of benzene rings is 10. The van der Waals surface area contributed by atoms with Crippen LogP contribution < -0.4 is 5.46 Å². The van der Waals surface area contributed by atoms with Crippen LogP contribution in [0.25, 0.3) is 88.4 Å². The molecule has 0 unspecified atom stereocenters. The van der Waals surface area contributed by atoms with E-state index in [9.17, 15) is 10.0 Å². The first-order valence-electron chi connectivity index (χ1n) is 24.7. The molecule has 4 aliphatic rings. The third-order valence-electron chi connectivity index (χ3n) is 15.4. The fourth-order valence-electron chi connectivity index (χ4n) is 13.0. The Labute approximate surface area is 423 Å². The minimum atomic E-state index is -1.60. The van der Waals surface area contributed by atoms with Crippen molar-refractivity contribution < 1.29 is 18.9 Å².